The third-order valence-electron chi connectivity index (χ3n) is 3.29. The molecule has 0 spiro atoms. The Bertz CT molecular complexity index is 585. The van der Waals surface area contributed by atoms with E-state index in [1.54, 1.807) is 7.11 Å². The second-order valence-corrected chi connectivity index (χ2v) is 4.72. The van der Waals surface area contributed by atoms with Crippen molar-refractivity contribution in [3.8, 4) is 11.6 Å². The highest BCUT2D eigenvalue weighted by atomic mass is 16.5. The zero-order valence-electron chi connectivity index (χ0n) is 12.9. The van der Waals surface area contributed by atoms with Crippen molar-refractivity contribution < 1.29 is 9.47 Å². The number of methoxy groups -OCH3 is 1. The van der Waals surface area contributed by atoms with E-state index in [0.717, 1.165) is 22.7 Å². The maximum atomic E-state index is 5.49. The summed E-state index contributed by atoms with van der Waals surface area (Å²) < 4.78 is 10.7. The fourth-order valence-corrected chi connectivity index (χ4v) is 2.04. The van der Waals surface area contributed by atoms with Gasteiger partial charge in [0.1, 0.15) is 17.9 Å². The molecule has 0 radical (unpaired) electrons. The quantitative estimate of drug-likeness (QED) is 0.882. The van der Waals surface area contributed by atoms with Crippen molar-refractivity contribution >= 4 is 5.82 Å². The number of nitrogens with zero attached hydrogens (tertiary/aromatic N) is 2. The van der Waals surface area contributed by atoms with Crippen molar-refractivity contribution in [1.29, 1.82) is 0 Å². The van der Waals surface area contributed by atoms with Gasteiger partial charge in [0.2, 0.25) is 5.88 Å². The normalized spacial score (nSPS) is 11.8. The van der Waals surface area contributed by atoms with Gasteiger partial charge in [-0.05, 0) is 38.5 Å². The molecule has 0 amide bonds. The Morgan fingerprint density at radius 2 is 1.90 bits per heavy atom. The van der Waals surface area contributed by atoms with Gasteiger partial charge in [-0.3, -0.25) is 0 Å². The van der Waals surface area contributed by atoms with E-state index < -0.39 is 0 Å². The van der Waals surface area contributed by atoms with E-state index in [0.29, 0.717) is 12.5 Å². The van der Waals surface area contributed by atoms with E-state index in [4.69, 9.17) is 9.47 Å². The Morgan fingerprint density at radius 1 is 1.19 bits per heavy atom. The summed E-state index contributed by atoms with van der Waals surface area (Å²) in [4.78, 5) is 8.43. The van der Waals surface area contributed by atoms with Crippen LogP contribution in [0.5, 0.6) is 11.6 Å². The lowest BCUT2D eigenvalue weighted by Gasteiger charge is -2.17. The SMILES string of the molecule is CCOc1ncnc(NC(C)c2ccc(OC)cc2)c1C. The van der Waals surface area contributed by atoms with E-state index in [1.807, 2.05) is 38.1 Å². The third-order valence-corrected chi connectivity index (χ3v) is 3.29. The molecule has 0 aliphatic rings. The van der Waals surface area contributed by atoms with Crippen molar-refractivity contribution in [2.24, 2.45) is 0 Å². The molecule has 1 aromatic carbocycles. The van der Waals surface area contributed by atoms with Crippen LogP contribution in [0.2, 0.25) is 0 Å². The van der Waals surface area contributed by atoms with E-state index in [-0.39, 0.29) is 6.04 Å². The summed E-state index contributed by atoms with van der Waals surface area (Å²) in [6.07, 6.45) is 1.51. The van der Waals surface area contributed by atoms with Gasteiger partial charge in [0.15, 0.2) is 0 Å². The number of anilines is 1. The van der Waals surface area contributed by atoms with Crippen LogP contribution in [-0.2, 0) is 0 Å². The van der Waals surface area contributed by atoms with Crippen LogP contribution in [0.4, 0.5) is 5.82 Å². The average molecular weight is 287 g/mol. The van der Waals surface area contributed by atoms with Gasteiger partial charge in [-0.1, -0.05) is 12.1 Å². The smallest absolute Gasteiger partial charge is 0.221 e. The molecular weight excluding hydrogens is 266 g/mol. The lowest BCUT2D eigenvalue weighted by molar-refractivity contribution is 0.324. The van der Waals surface area contributed by atoms with Crippen molar-refractivity contribution in [2.75, 3.05) is 19.0 Å². The van der Waals surface area contributed by atoms with Crippen LogP contribution >= 0.6 is 0 Å². The van der Waals surface area contributed by atoms with Gasteiger partial charge >= 0.3 is 0 Å². The van der Waals surface area contributed by atoms with Gasteiger partial charge in [0.05, 0.1) is 19.3 Å². The molecule has 1 N–H and O–H groups in total. The highest BCUT2D eigenvalue weighted by Crippen LogP contribution is 2.25. The van der Waals surface area contributed by atoms with Gasteiger partial charge in [-0.2, -0.15) is 0 Å². The van der Waals surface area contributed by atoms with E-state index in [9.17, 15) is 0 Å². The molecule has 0 saturated heterocycles. The molecule has 0 saturated carbocycles. The topological polar surface area (TPSA) is 56.3 Å². The van der Waals surface area contributed by atoms with Crippen molar-refractivity contribution in [3.63, 3.8) is 0 Å². The van der Waals surface area contributed by atoms with Gasteiger partial charge < -0.3 is 14.8 Å². The van der Waals surface area contributed by atoms with Crippen LogP contribution in [0, 0.1) is 6.92 Å². The first-order valence-electron chi connectivity index (χ1n) is 7.00. The van der Waals surface area contributed by atoms with Crippen LogP contribution in [-0.4, -0.2) is 23.7 Å². The Morgan fingerprint density at radius 3 is 2.52 bits per heavy atom. The largest absolute Gasteiger partial charge is 0.497 e. The second-order valence-electron chi connectivity index (χ2n) is 4.72. The molecule has 1 unspecified atom stereocenters. The van der Waals surface area contributed by atoms with E-state index in [2.05, 4.69) is 22.2 Å². The lowest BCUT2D eigenvalue weighted by Crippen LogP contribution is -2.10. The van der Waals surface area contributed by atoms with Crippen molar-refractivity contribution in [2.45, 2.75) is 26.8 Å². The summed E-state index contributed by atoms with van der Waals surface area (Å²) in [6.45, 7) is 6.57. The van der Waals surface area contributed by atoms with Gasteiger partial charge in [0.25, 0.3) is 0 Å². The van der Waals surface area contributed by atoms with Crippen LogP contribution < -0.4 is 14.8 Å². The molecule has 0 aliphatic carbocycles. The zero-order chi connectivity index (χ0) is 15.2. The summed E-state index contributed by atoms with van der Waals surface area (Å²) >= 11 is 0. The number of hydrogen-bond donors (Lipinski definition) is 1. The van der Waals surface area contributed by atoms with Crippen molar-refractivity contribution in [1.82, 2.24) is 9.97 Å². The lowest BCUT2D eigenvalue weighted by atomic mass is 10.1. The molecule has 5 heteroatoms. The number of aromatic nitrogens is 2. The van der Waals surface area contributed by atoms with Crippen molar-refractivity contribution in [3.05, 3.63) is 41.7 Å². The minimum Gasteiger partial charge on any atom is -0.497 e. The Kier molecular flexibility index (Phi) is 4.98. The number of ether oxygens (including phenoxy) is 2. The Labute approximate surface area is 125 Å². The predicted molar refractivity (Wildman–Crippen MR) is 83.0 cm³/mol. The van der Waals surface area contributed by atoms with Crippen LogP contribution in [0.3, 0.4) is 0 Å². The van der Waals surface area contributed by atoms with E-state index in [1.165, 1.54) is 6.33 Å². The molecule has 21 heavy (non-hydrogen) atoms. The third kappa shape index (κ3) is 3.62. The van der Waals surface area contributed by atoms with Crippen LogP contribution in [0.25, 0.3) is 0 Å². The fraction of sp³-hybridized carbons (Fsp3) is 0.375. The first-order valence-corrected chi connectivity index (χ1v) is 7.00. The molecule has 0 bridgehead atoms. The van der Waals surface area contributed by atoms with Crippen LogP contribution in [0.1, 0.15) is 31.0 Å². The maximum absolute atomic E-state index is 5.49. The number of rotatable bonds is 6. The predicted octanol–water partition coefficient (Wildman–Crippen LogP) is 3.37. The number of hydrogen-bond acceptors (Lipinski definition) is 5. The molecule has 1 aromatic heterocycles. The van der Waals surface area contributed by atoms with E-state index >= 15 is 0 Å². The first-order chi connectivity index (χ1) is 10.2. The molecule has 1 atom stereocenters. The highest BCUT2D eigenvalue weighted by Gasteiger charge is 2.11. The molecule has 1 heterocycles. The monoisotopic (exact) mass is 287 g/mol. The van der Waals surface area contributed by atoms with Gasteiger partial charge in [-0.25, -0.2) is 9.97 Å². The summed E-state index contributed by atoms with van der Waals surface area (Å²) in [5.74, 6) is 2.26. The summed E-state index contributed by atoms with van der Waals surface area (Å²) in [7, 11) is 1.66. The zero-order valence-corrected chi connectivity index (χ0v) is 12.9. The average Bonchev–Trinajstić information content (AvgIpc) is 2.51. The van der Waals surface area contributed by atoms with Gasteiger partial charge in [0, 0.05) is 6.04 Å². The molecule has 5 nitrogen and oxygen atoms in total. The van der Waals surface area contributed by atoms with Gasteiger partial charge in [-0.15, -0.1) is 0 Å². The molecular formula is C16H21N3O2. The molecule has 0 aliphatic heterocycles. The summed E-state index contributed by atoms with van der Waals surface area (Å²) in [5, 5.41) is 3.39. The minimum atomic E-state index is 0.124. The molecule has 2 rings (SSSR count). The Balaban J connectivity index is 2.14. The number of benzene rings is 1. The fourth-order valence-electron chi connectivity index (χ4n) is 2.04. The number of nitrogens with one attached hydrogen (secondary N) is 1. The molecule has 0 fully saturated rings. The molecule has 2 aromatic rings. The standard InChI is InChI=1S/C16H21N3O2/c1-5-21-16-11(2)15(17-10-18-16)19-12(3)13-6-8-14(20-4)9-7-13/h6-10,12H,5H2,1-4H3,(H,17,18,19). The first kappa shape index (κ1) is 15.1. The Hall–Kier alpha value is -2.30. The summed E-state index contributed by atoms with van der Waals surface area (Å²) in [6, 6.07) is 8.10. The maximum Gasteiger partial charge on any atom is 0.221 e. The minimum absolute atomic E-state index is 0.124. The molecule has 112 valence electrons. The second kappa shape index (κ2) is 6.92. The summed E-state index contributed by atoms with van der Waals surface area (Å²) in [5.41, 5.74) is 2.08. The van der Waals surface area contributed by atoms with Crippen LogP contribution in [0.15, 0.2) is 30.6 Å². The highest BCUT2D eigenvalue weighted by molar-refractivity contribution is 5.49.